The molecule has 106 valence electrons. The van der Waals surface area contributed by atoms with E-state index in [1.54, 1.807) is 0 Å². The summed E-state index contributed by atoms with van der Waals surface area (Å²) in [4.78, 5) is 24.6. The molecule has 2 amide bonds. The van der Waals surface area contributed by atoms with E-state index < -0.39 is 0 Å². The molecule has 1 atom stereocenters. The summed E-state index contributed by atoms with van der Waals surface area (Å²) in [6.45, 7) is 0. The third-order valence-electron chi connectivity index (χ3n) is 3.90. The normalized spacial score (nSPS) is 19.4. The largest absolute Gasteiger partial charge is 0.320 e. The first-order valence-electron chi connectivity index (χ1n) is 6.66. The first-order valence-corrected chi connectivity index (χ1v) is 7.92. The maximum atomic E-state index is 12.2. The van der Waals surface area contributed by atoms with Gasteiger partial charge in [0.2, 0.25) is 11.8 Å². The van der Waals surface area contributed by atoms with Gasteiger partial charge in [0, 0.05) is 22.6 Å². The number of amides is 2. The second kappa shape index (κ2) is 4.58. The Morgan fingerprint density at radius 1 is 1.29 bits per heavy atom. The van der Waals surface area contributed by atoms with Crippen LogP contribution in [0.15, 0.2) is 29.6 Å². The van der Waals surface area contributed by atoms with Crippen LogP contribution in [-0.2, 0) is 9.59 Å². The number of aromatic nitrogens is 1. The van der Waals surface area contributed by atoms with Gasteiger partial charge in [-0.25, -0.2) is 0 Å². The predicted octanol–water partition coefficient (Wildman–Crippen LogP) is 3.49. The Balaban J connectivity index is 2.02. The lowest BCUT2D eigenvalue weighted by molar-refractivity contribution is -0.135. The SMILES string of the molecule is O=C1CCC(n2c3ccccc3c3c(Cl)csc32)C(=O)N1. The van der Waals surface area contributed by atoms with Crippen LogP contribution in [0, 0.1) is 0 Å². The molecule has 1 aromatic carbocycles. The van der Waals surface area contributed by atoms with Crippen LogP contribution >= 0.6 is 22.9 Å². The van der Waals surface area contributed by atoms with E-state index in [0.717, 1.165) is 21.1 Å². The molecule has 0 saturated carbocycles. The van der Waals surface area contributed by atoms with Gasteiger partial charge in [0.1, 0.15) is 10.9 Å². The van der Waals surface area contributed by atoms with Crippen molar-refractivity contribution in [2.75, 3.05) is 0 Å². The number of carbonyl (C=O) groups is 2. The lowest BCUT2D eigenvalue weighted by atomic mass is 10.1. The Hall–Kier alpha value is -1.85. The van der Waals surface area contributed by atoms with Crippen molar-refractivity contribution in [1.29, 1.82) is 0 Å². The number of hydrogen-bond donors (Lipinski definition) is 1. The molecular formula is C15H11ClN2O2S. The molecule has 1 unspecified atom stereocenters. The summed E-state index contributed by atoms with van der Waals surface area (Å²) in [5.41, 5.74) is 0.982. The van der Waals surface area contributed by atoms with Crippen LogP contribution in [0.4, 0.5) is 0 Å². The molecular weight excluding hydrogens is 308 g/mol. The molecule has 1 aliphatic rings. The molecule has 21 heavy (non-hydrogen) atoms. The van der Waals surface area contributed by atoms with Crippen molar-refractivity contribution in [3.8, 4) is 0 Å². The van der Waals surface area contributed by atoms with Gasteiger partial charge < -0.3 is 4.57 Å². The molecule has 1 aliphatic heterocycles. The molecule has 1 saturated heterocycles. The number of para-hydroxylation sites is 1. The molecule has 6 heteroatoms. The zero-order chi connectivity index (χ0) is 14.6. The molecule has 0 spiro atoms. The Morgan fingerprint density at radius 2 is 2.10 bits per heavy atom. The van der Waals surface area contributed by atoms with Crippen molar-refractivity contribution < 1.29 is 9.59 Å². The first kappa shape index (κ1) is 12.9. The van der Waals surface area contributed by atoms with E-state index in [0.29, 0.717) is 17.9 Å². The van der Waals surface area contributed by atoms with Crippen molar-refractivity contribution >= 4 is 55.9 Å². The van der Waals surface area contributed by atoms with Crippen LogP contribution in [0.1, 0.15) is 18.9 Å². The van der Waals surface area contributed by atoms with Crippen molar-refractivity contribution in [3.63, 3.8) is 0 Å². The van der Waals surface area contributed by atoms with E-state index in [1.807, 2.05) is 34.2 Å². The van der Waals surface area contributed by atoms with E-state index in [-0.39, 0.29) is 17.9 Å². The van der Waals surface area contributed by atoms with E-state index in [9.17, 15) is 9.59 Å². The van der Waals surface area contributed by atoms with Gasteiger partial charge in [-0.1, -0.05) is 29.8 Å². The van der Waals surface area contributed by atoms with Gasteiger partial charge in [-0.2, -0.15) is 0 Å². The van der Waals surface area contributed by atoms with Crippen LogP contribution in [0.3, 0.4) is 0 Å². The standard InChI is InChI=1S/C15H11ClN2O2S/c16-9-7-21-15-13(9)8-3-1-2-4-10(8)18(15)11-5-6-12(19)17-14(11)20/h1-4,7,11H,5-6H2,(H,17,19,20). The van der Waals surface area contributed by atoms with Crippen LogP contribution < -0.4 is 5.32 Å². The Bertz CT molecular complexity index is 896. The molecule has 2 aromatic heterocycles. The molecule has 3 heterocycles. The number of thiophene rings is 1. The smallest absolute Gasteiger partial charge is 0.249 e. The highest BCUT2D eigenvalue weighted by Crippen LogP contribution is 2.41. The Labute approximate surface area is 129 Å². The van der Waals surface area contributed by atoms with Gasteiger partial charge in [-0.15, -0.1) is 11.3 Å². The number of rotatable bonds is 1. The number of carbonyl (C=O) groups excluding carboxylic acids is 2. The molecule has 3 aromatic rings. The molecule has 0 aliphatic carbocycles. The van der Waals surface area contributed by atoms with E-state index in [4.69, 9.17) is 11.6 Å². The van der Waals surface area contributed by atoms with Gasteiger partial charge in [0.15, 0.2) is 0 Å². The first-order chi connectivity index (χ1) is 10.2. The molecule has 4 nitrogen and oxygen atoms in total. The molecule has 0 bridgehead atoms. The third-order valence-corrected chi connectivity index (χ3v) is 5.31. The van der Waals surface area contributed by atoms with Gasteiger partial charge in [-0.3, -0.25) is 14.9 Å². The topological polar surface area (TPSA) is 51.1 Å². The summed E-state index contributed by atoms with van der Waals surface area (Å²) >= 11 is 7.83. The summed E-state index contributed by atoms with van der Waals surface area (Å²) in [7, 11) is 0. The van der Waals surface area contributed by atoms with Crippen LogP contribution in [0.25, 0.3) is 21.1 Å². The number of nitrogens with zero attached hydrogens (tertiary/aromatic N) is 1. The maximum Gasteiger partial charge on any atom is 0.249 e. The summed E-state index contributed by atoms with van der Waals surface area (Å²) in [6.07, 6.45) is 0.886. The average molecular weight is 319 g/mol. The number of piperidine rings is 1. The monoisotopic (exact) mass is 318 g/mol. The van der Waals surface area contributed by atoms with E-state index in [2.05, 4.69) is 5.32 Å². The average Bonchev–Trinajstić information content (AvgIpc) is 2.98. The van der Waals surface area contributed by atoms with Gasteiger partial charge in [0.05, 0.1) is 10.5 Å². The summed E-state index contributed by atoms with van der Waals surface area (Å²) < 4.78 is 2.02. The molecule has 4 rings (SSSR count). The molecule has 1 fully saturated rings. The minimum atomic E-state index is -0.361. The highest BCUT2D eigenvalue weighted by atomic mass is 35.5. The zero-order valence-corrected chi connectivity index (χ0v) is 12.5. The summed E-state index contributed by atoms with van der Waals surface area (Å²) in [6, 6.07) is 7.55. The minimum absolute atomic E-state index is 0.201. The summed E-state index contributed by atoms with van der Waals surface area (Å²) in [5, 5.41) is 7.06. The number of nitrogens with one attached hydrogen (secondary N) is 1. The quantitative estimate of drug-likeness (QED) is 0.698. The lowest BCUT2D eigenvalue weighted by Gasteiger charge is -2.23. The number of halogens is 1. The predicted molar refractivity (Wildman–Crippen MR) is 83.8 cm³/mol. The van der Waals surface area contributed by atoms with Crippen molar-refractivity contribution in [2.45, 2.75) is 18.9 Å². The lowest BCUT2D eigenvalue weighted by Crippen LogP contribution is -2.41. The fourth-order valence-corrected chi connectivity index (χ4v) is 4.38. The number of benzene rings is 1. The van der Waals surface area contributed by atoms with Crippen LogP contribution in [0.5, 0.6) is 0 Å². The number of fused-ring (bicyclic) bond motifs is 3. The maximum absolute atomic E-state index is 12.2. The van der Waals surface area contributed by atoms with E-state index >= 15 is 0 Å². The van der Waals surface area contributed by atoms with Gasteiger partial charge >= 0.3 is 0 Å². The number of hydrogen-bond acceptors (Lipinski definition) is 3. The second-order valence-electron chi connectivity index (χ2n) is 5.12. The fourth-order valence-electron chi connectivity index (χ4n) is 2.99. The third kappa shape index (κ3) is 1.81. The van der Waals surface area contributed by atoms with Crippen molar-refractivity contribution in [2.24, 2.45) is 0 Å². The number of imide groups is 1. The zero-order valence-electron chi connectivity index (χ0n) is 10.9. The fraction of sp³-hybridized carbons (Fsp3) is 0.200. The molecule has 0 radical (unpaired) electrons. The van der Waals surface area contributed by atoms with Gasteiger partial charge in [-0.05, 0) is 12.5 Å². The van der Waals surface area contributed by atoms with Crippen molar-refractivity contribution in [3.05, 3.63) is 34.7 Å². The van der Waals surface area contributed by atoms with E-state index in [1.165, 1.54) is 11.3 Å². The van der Waals surface area contributed by atoms with Crippen LogP contribution in [-0.4, -0.2) is 16.4 Å². The Morgan fingerprint density at radius 3 is 2.90 bits per heavy atom. The highest BCUT2D eigenvalue weighted by molar-refractivity contribution is 7.17. The second-order valence-corrected chi connectivity index (χ2v) is 6.38. The summed E-state index contributed by atoms with van der Waals surface area (Å²) in [5.74, 6) is -0.438. The molecule has 1 N–H and O–H groups in total. The van der Waals surface area contributed by atoms with Crippen molar-refractivity contribution in [1.82, 2.24) is 9.88 Å². The highest BCUT2D eigenvalue weighted by Gasteiger charge is 2.31. The minimum Gasteiger partial charge on any atom is -0.320 e. The van der Waals surface area contributed by atoms with Crippen LogP contribution in [0.2, 0.25) is 5.02 Å². The van der Waals surface area contributed by atoms with Gasteiger partial charge in [0.25, 0.3) is 0 Å². The Kier molecular flexibility index (Phi) is 2.80.